The summed E-state index contributed by atoms with van der Waals surface area (Å²) in [7, 11) is 0. The highest BCUT2D eigenvalue weighted by Gasteiger charge is 2.48. The molecule has 1 aromatic carbocycles. The van der Waals surface area contributed by atoms with E-state index in [0.29, 0.717) is 5.41 Å². The molecule has 1 saturated carbocycles. The molecule has 0 N–H and O–H groups in total. The highest BCUT2D eigenvalue weighted by molar-refractivity contribution is 5.47. The zero-order valence-electron chi connectivity index (χ0n) is 7.56. The molecule has 0 heterocycles. The van der Waals surface area contributed by atoms with Gasteiger partial charge in [-0.25, -0.2) is 0 Å². The average molecular weight is 190 g/mol. The molecule has 14 heavy (non-hydrogen) atoms. The van der Waals surface area contributed by atoms with Crippen molar-refractivity contribution in [2.24, 2.45) is 0 Å². The van der Waals surface area contributed by atoms with Crippen molar-refractivity contribution in [2.75, 3.05) is 0 Å². The van der Waals surface area contributed by atoms with Gasteiger partial charge in [-0.2, -0.15) is 0 Å². The van der Waals surface area contributed by atoms with Crippen molar-refractivity contribution in [3.8, 4) is 0 Å². The lowest BCUT2D eigenvalue weighted by molar-refractivity contribution is 0.678. The Bertz CT molecular complexity index is 332. The first-order valence-electron chi connectivity index (χ1n) is 4.91. The van der Waals surface area contributed by atoms with E-state index in [9.17, 15) is 0 Å². The van der Waals surface area contributed by atoms with Crippen molar-refractivity contribution in [3.63, 3.8) is 0 Å². The van der Waals surface area contributed by atoms with Crippen LogP contribution in [0.25, 0.3) is 0 Å². The van der Waals surface area contributed by atoms with Crippen LogP contribution in [0.4, 0.5) is 0 Å². The van der Waals surface area contributed by atoms with E-state index in [-0.39, 0.29) is 14.9 Å². The minimum Gasteiger partial charge on any atom is -0.0776 e. The number of fused-ring (bicyclic) bond motifs is 2. The lowest BCUT2D eigenvalue weighted by atomic mass is 9.94. The summed E-state index contributed by atoms with van der Waals surface area (Å²) in [5.41, 5.74) is 5.54. The second-order valence-electron chi connectivity index (χ2n) is 4.39. The highest BCUT2D eigenvalue weighted by Crippen LogP contribution is 2.57. The fourth-order valence-electron chi connectivity index (χ4n) is 2.85. The fraction of sp³-hybridized carbons (Fsp3) is 0.571. The summed E-state index contributed by atoms with van der Waals surface area (Å²) >= 11 is 0. The molecule has 0 saturated heterocycles. The SMILES string of the molecule is C.C.Cc1cccc2c1C1(CC2)CC1. The summed E-state index contributed by atoms with van der Waals surface area (Å²) in [6.45, 7) is 2.27. The van der Waals surface area contributed by atoms with E-state index < -0.39 is 0 Å². The Morgan fingerprint density at radius 3 is 2.43 bits per heavy atom. The first-order chi connectivity index (χ1) is 5.82. The molecule has 0 aromatic heterocycles. The summed E-state index contributed by atoms with van der Waals surface area (Å²) < 4.78 is 0. The summed E-state index contributed by atoms with van der Waals surface area (Å²) in [5, 5.41) is 0. The second kappa shape index (κ2) is 3.42. The maximum atomic E-state index is 2.31. The second-order valence-corrected chi connectivity index (χ2v) is 4.39. The third kappa shape index (κ3) is 1.28. The Morgan fingerprint density at radius 1 is 1.07 bits per heavy atom. The first kappa shape index (κ1) is 11.3. The molecule has 0 aliphatic heterocycles. The maximum Gasteiger partial charge on any atom is -0.00378 e. The molecule has 1 spiro atoms. The van der Waals surface area contributed by atoms with E-state index >= 15 is 0 Å². The molecule has 1 fully saturated rings. The van der Waals surface area contributed by atoms with Crippen molar-refractivity contribution in [2.45, 2.75) is 52.9 Å². The summed E-state index contributed by atoms with van der Waals surface area (Å²) in [6.07, 6.45) is 5.65. The van der Waals surface area contributed by atoms with E-state index in [1.165, 1.54) is 31.2 Å². The maximum absolute atomic E-state index is 2.31. The number of hydrogen-bond acceptors (Lipinski definition) is 0. The predicted molar refractivity (Wildman–Crippen MR) is 63.9 cm³/mol. The molecule has 0 heteroatoms. The molecule has 0 nitrogen and oxygen atoms in total. The van der Waals surface area contributed by atoms with E-state index in [4.69, 9.17) is 0 Å². The van der Waals surface area contributed by atoms with E-state index in [1.807, 2.05) is 0 Å². The molecule has 3 rings (SSSR count). The van der Waals surface area contributed by atoms with Gasteiger partial charge < -0.3 is 0 Å². The summed E-state index contributed by atoms with van der Waals surface area (Å²) in [5.74, 6) is 0. The predicted octanol–water partition coefficient (Wildman–Crippen LogP) is 4.25. The molecule has 1 aromatic rings. The van der Waals surface area contributed by atoms with Gasteiger partial charge in [0.05, 0.1) is 0 Å². The van der Waals surface area contributed by atoms with E-state index in [0.717, 1.165) is 0 Å². The topological polar surface area (TPSA) is 0 Å². The van der Waals surface area contributed by atoms with Crippen molar-refractivity contribution >= 4 is 0 Å². The van der Waals surface area contributed by atoms with Gasteiger partial charge in [0.15, 0.2) is 0 Å². The van der Waals surface area contributed by atoms with Crippen LogP contribution in [-0.2, 0) is 11.8 Å². The van der Waals surface area contributed by atoms with Gasteiger partial charge in [-0.1, -0.05) is 33.1 Å². The highest BCUT2D eigenvalue weighted by atomic mass is 14.5. The van der Waals surface area contributed by atoms with Crippen LogP contribution in [0.3, 0.4) is 0 Å². The standard InChI is InChI=1S/C12H14.2CH4/c1-9-3-2-4-10-5-6-12(7-8-12)11(9)10;;/h2-4H,5-8H2,1H3;2*1H4. The Labute approximate surface area is 88.4 Å². The van der Waals surface area contributed by atoms with Crippen LogP contribution in [-0.4, -0.2) is 0 Å². The van der Waals surface area contributed by atoms with Crippen LogP contribution in [0.2, 0.25) is 0 Å². The van der Waals surface area contributed by atoms with Gasteiger partial charge in [-0.05, 0) is 54.7 Å². The molecule has 0 radical (unpaired) electrons. The van der Waals surface area contributed by atoms with Crippen LogP contribution >= 0.6 is 0 Å². The van der Waals surface area contributed by atoms with Gasteiger partial charge in [0, 0.05) is 0 Å². The third-order valence-corrected chi connectivity index (χ3v) is 3.62. The van der Waals surface area contributed by atoms with E-state index in [1.54, 1.807) is 11.1 Å². The Hall–Kier alpha value is -0.780. The van der Waals surface area contributed by atoms with Crippen molar-refractivity contribution in [3.05, 3.63) is 34.9 Å². The van der Waals surface area contributed by atoms with Gasteiger partial charge in [0.2, 0.25) is 0 Å². The summed E-state index contributed by atoms with van der Waals surface area (Å²) in [6, 6.07) is 6.79. The van der Waals surface area contributed by atoms with Crippen molar-refractivity contribution in [1.29, 1.82) is 0 Å². The van der Waals surface area contributed by atoms with Crippen LogP contribution in [0.15, 0.2) is 18.2 Å². The normalized spacial score (nSPS) is 19.5. The zero-order chi connectivity index (χ0) is 8.18. The van der Waals surface area contributed by atoms with Crippen LogP contribution in [0.5, 0.6) is 0 Å². The van der Waals surface area contributed by atoms with Crippen molar-refractivity contribution < 1.29 is 0 Å². The van der Waals surface area contributed by atoms with Gasteiger partial charge in [-0.15, -0.1) is 0 Å². The molecule has 0 amide bonds. The molecule has 2 aliphatic carbocycles. The average Bonchev–Trinajstić information content (AvgIpc) is 2.71. The van der Waals surface area contributed by atoms with Crippen molar-refractivity contribution in [1.82, 2.24) is 0 Å². The molecule has 0 bridgehead atoms. The molecule has 2 aliphatic rings. The quantitative estimate of drug-likeness (QED) is 0.574. The Kier molecular flexibility index (Phi) is 2.76. The van der Waals surface area contributed by atoms with Crippen LogP contribution in [0, 0.1) is 6.92 Å². The first-order valence-corrected chi connectivity index (χ1v) is 4.91. The smallest absolute Gasteiger partial charge is 0.00378 e. The molecule has 0 atom stereocenters. The van der Waals surface area contributed by atoms with Gasteiger partial charge in [0.1, 0.15) is 0 Å². The number of benzene rings is 1. The largest absolute Gasteiger partial charge is 0.0776 e. The Balaban J connectivity index is 0.000000490. The van der Waals surface area contributed by atoms with Gasteiger partial charge in [0.25, 0.3) is 0 Å². The molecule has 78 valence electrons. The zero-order valence-corrected chi connectivity index (χ0v) is 7.56. The van der Waals surface area contributed by atoms with Crippen LogP contribution in [0.1, 0.15) is 50.8 Å². The minimum atomic E-state index is 0. The molecule has 0 unspecified atom stereocenters. The van der Waals surface area contributed by atoms with Crippen LogP contribution < -0.4 is 0 Å². The summed E-state index contributed by atoms with van der Waals surface area (Å²) in [4.78, 5) is 0. The minimum absolute atomic E-state index is 0. The monoisotopic (exact) mass is 190 g/mol. The fourth-order valence-corrected chi connectivity index (χ4v) is 2.85. The lowest BCUT2D eigenvalue weighted by Gasteiger charge is -2.10. The molecular weight excluding hydrogens is 168 g/mol. The van der Waals surface area contributed by atoms with Gasteiger partial charge >= 0.3 is 0 Å². The van der Waals surface area contributed by atoms with Gasteiger partial charge in [-0.3, -0.25) is 0 Å². The number of rotatable bonds is 0. The van der Waals surface area contributed by atoms with E-state index in [2.05, 4.69) is 25.1 Å². The number of aryl methyl sites for hydroxylation is 2. The lowest BCUT2D eigenvalue weighted by Crippen LogP contribution is -2.01. The third-order valence-electron chi connectivity index (χ3n) is 3.62. The molecular formula is C14H22. The Morgan fingerprint density at radius 2 is 1.79 bits per heavy atom. The number of hydrogen-bond donors (Lipinski definition) is 0.